The monoisotopic (exact) mass is 732 g/mol. The molecule has 0 amide bonds. The van der Waals surface area contributed by atoms with Crippen molar-refractivity contribution in [2.24, 2.45) is 0 Å². The first-order valence-electron chi connectivity index (χ1n) is 20.2. The fourth-order valence-electron chi connectivity index (χ4n) is 9.94. The third kappa shape index (κ3) is 4.89. The summed E-state index contributed by atoms with van der Waals surface area (Å²) in [5.74, 6) is 0. The zero-order valence-corrected chi connectivity index (χ0v) is 31.8. The lowest BCUT2D eigenvalue weighted by molar-refractivity contribution is 1.63. The maximum absolute atomic E-state index is 2.42. The van der Waals surface area contributed by atoms with Crippen molar-refractivity contribution in [3.8, 4) is 44.5 Å². The third-order valence-corrected chi connectivity index (χ3v) is 12.4. The second kappa shape index (κ2) is 13.0. The average Bonchev–Trinajstić information content (AvgIpc) is 3.30. The Bertz CT molecular complexity index is 3500. The zero-order valence-electron chi connectivity index (χ0n) is 31.8. The smallest absolute Gasteiger partial charge is 0.00139 e. The Morgan fingerprint density at radius 2 is 0.483 bits per heavy atom. The minimum absolute atomic E-state index is 1.22. The highest BCUT2D eigenvalue weighted by molar-refractivity contribution is 6.32. The molecule has 0 bridgehead atoms. The van der Waals surface area contributed by atoms with E-state index >= 15 is 0 Å². The zero-order chi connectivity index (χ0) is 38.2. The normalized spacial score (nSPS) is 11.8. The van der Waals surface area contributed by atoms with Crippen LogP contribution in [0.4, 0.5) is 0 Å². The second-order valence-electron chi connectivity index (χ2n) is 15.5. The second-order valence-corrected chi connectivity index (χ2v) is 15.5. The number of hydrogen-bond donors (Lipinski definition) is 0. The van der Waals surface area contributed by atoms with E-state index in [1.54, 1.807) is 0 Å². The van der Waals surface area contributed by atoms with Gasteiger partial charge in [0.05, 0.1) is 0 Å². The molecular formula is C58H36. The quantitative estimate of drug-likeness (QED) is 0.125. The highest BCUT2D eigenvalue weighted by Crippen LogP contribution is 2.52. The standard InChI is InChI=1S/C58H36/c1-2-18-37(19-3-1)52-34-38-20-4-5-21-39(38)35-54(52)56-46-28-12-16-32-50(46)58(51-33-17-13-29-47(51)56)57-48-30-14-10-26-44(48)55(45-27-11-15-31-49(45)57)53-36-40-22-6-7-23-41(40)42-24-8-9-25-43(42)53/h1-36H. The van der Waals surface area contributed by atoms with Crippen LogP contribution in [-0.4, -0.2) is 0 Å². The Morgan fingerprint density at radius 3 is 0.966 bits per heavy atom. The van der Waals surface area contributed by atoms with E-state index in [0.717, 1.165) is 0 Å². The van der Waals surface area contributed by atoms with Crippen LogP contribution in [0.25, 0.3) is 120 Å². The molecule has 0 N–H and O–H groups in total. The number of fused-ring (bicyclic) bond motifs is 8. The summed E-state index contributed by atoms with van der Waals surface area (Å²) < 4.78 is 0. The average molecular weight is 733 g/mol. The summed E-state index contributed by atoms with van der Waals surface area (Å²) >= 11 is 0. The van der Waals surface area contributed by atoms with E-state index < -0.39 is 0 Å². The topological polar surface area (TPSA) is 0 Å². The number of rotatable bonds is 4. The van der Waals surface area contributed by atoms with Gasteiger partial charge in [0.2, 0.25) is 0 Å². The molecule has 0 unspecified atom stereocenters. The summed E-state index contributed by atoms with van der Waals surface area (Å²) in [7, 11) is 0. The highest BCUT2D eigenvalue weighted by atomic mass is 14.3. The molecule has 0 atom stereocenters. The van der Waals surface area contributed by atoms with E-state index in [1.165, 1.54) is 120 Å². The molecule has 0 radical (unpaired) electrons. The van der Waals surface area contributed by atoms with Crippen LogP contribution in [-0.2, 0) is 0 Å². The van der Waals surface area contributed by atoms with Crippen LogP contribution in [0, 0.1) is 0 Å². The van der Waals surface area contributed by atoms with Crippen LogP contribution in [0.3, 0.4) is 0 Å². The molecule has 0 saturated heterocycles. The van der Waals surface area contributed by atoms with Gasteiger partial charge in [-0.15, -0.1) is 0 Å². The van der Waals surface area contributed by atoms with Crippen LogP contribution >= 0.6 is 0 Å². The summed E-state index contributed by atoms with van der Waals surface area (Å²) in [5.41, 5.74) is 10.1. The van der Waals surface area contributed by atoms with Crippen LogP contribution in [0.15, 0.2) is 218 Å². The molecule has 0 heteroatoms. The van der Waals surface area contributed by atoms with Crippen molar-refractivity contribution in [3.05, 3.63) is 218 Å². The molecule has 0 nitrogen and oxygen atoms in total. The van der Waals surface area contributed by atoms with E-state index in [-0.39, 0.29) is 0 Å². The van der Waals surface area contributed by atoms with Crippen molar-refractivity contribution in [2.75, 3.05) is 0 Å². The molecule has 0 saturated carbocycles. The molecule has 0 aliphatic heterocycles. The first-order chi connectivity index (χ1) is 28.8. The van der Waals surface area contributed by atoms with Gasteiger partial charge in [0, 0.05) is 0 Å². The molecular weight excluding hydrogens is 697 g/mol. The molecule has 0 aromatic heterocycles. The molecule has 58 heavy (non-hydrogen) atoms. The van der Waals surface area contributed by atoms with Gasteiger partial charge in [-0.1, -0.05) is 200 Å². The number of benzene rings is 12. The summed E-state index contributed by atoms with van der Waals surface area (Å²) in [6.45, 7) is 0. The van der Waals surface area contributed by atoms with Crippen LogP contribution < -0.4 is 0 Å². The molecule has 0 heterocycles. The molecule has 0 fully saturated rings. The Morgan fingerprint density at radius 1 is 0.172 bits per heavy atom. The summed E-state index contributed by atoms with van der Waals surface area (Å²) in [6, 6.07) is 81.0. The van der Waals surface area contributed by atoms with E-state index in [1.807, 2.05) is 0 Å². The Labute approximate surface area is 336 Å². The Hall–Kier alpha value is -7.54. The van der Waals surface area contributed by atoms with Crippen molar-refractivity contribution < 1.29 is 0 Å². The molecule has 0 aliphatic carbocycles. The molecule has 12 aromatic rings. The van der Waals surface area contributed by atoms with Gasteiger partial charge in [-0.05, 0) is 138 Å². The summed E-state index contributed by atoms with van der Waals surface area (Å²) in [5, 5.41) is 17.6. The third-order valence-electron chi connectivity index (χ3n) is 12.4. The first kappa shape index (κ1) is 32.7. The van der Waals surface area contributed by atoms with Gasteiger partial charge < -0.3 is 0 Å². The van der Waals surface area contributed by atoms with Crippen molar-refractivity contribution in [2.45, 2.75) is 0 Å². The van der Waals surface area contributed by atoms with Gasteiger partial charge in [-0.25, -0.2) is 0 Å². The predicted octanol–water partition coefficient (Wildman–Crippen LogP) is 16.4. The SMILES string of the molecule is c1ccc(-c2cc3ccccc3cc2-c2c3ccccc3c(-c3c4ccccc4c(-c4cc5ccccc5c5ccccc45)c4ccccc34)c3ccccc23)cc1. The fraction of sp³-hybridized carbons (Fsp3) is 0. The molecule has 12 rings (SSSR count). The van der Waals surface area contributed by atoms with Crippen molar-refractivity contribution in [1.29, 1.82) is 0 Å². The molecule has 12 aromatic carbocycles. The highest BCUT2D eigenvalue weighted by Gasteiger charge is 2.24. The van der Waals surface area contributed by atoms with Gasteiger partial charge >= 0.3 is 0 Å². The van der Waals surface area contributed by atoms with E-state index in [0.29, 0.717) is 0 Å². The maximum atomic E-state index is 2.42. The summed E-state index contributed by atoms with van der Waals surface area (Å²) in [4.78, 5) is 0. The fourth-order valence-corrected chi connectivity index (χ4v) is 9.94. The molecule has 0 spiro atoms. The van der Waals surface area contributed by atoms with Gasteiger partial charge in [0.15, 0.2) is 0 Å². The van der Waals surface area contributed by atoms with Crippen LogP contribution in [0.1, 0.15) is 0 Å². The van der Waals surface area contributed by atoms with Gasteiger partial charge in [0.1, 0.15) is 0 Å². The van der Waals surface area contributed by atoms with Crippen molar-refractivity contribution in [1.82, 2.24) is 0 Å². The van der Waals surface area contributed by atoms with E-state index in [2.05, 4.69) is 218 Å². The Balaban J connectivity index is 1.24. The van der Waals surface area contributed by atoms with Gasteiger partial charge in [-0.2, -0.15) is 0 Å². The van der Waals surface area contributed by atoms with Crippen molar-refractivity contribution in [3.63, 3.8) is 0 Å². The Kier molecular flexibility index (Phi) is 7.33. The van der Waals surface area contributed by atoms with Crippen LogP contribution in [0.5, 0.6) is 0 Å². The lowest BCUT2D eigenvalue weighted by atomic mass is 9.79. The van der Waals surface area contributed by atoms with Gasteiger partial charge in [-0.3, -0.25) is 0 Å². The largest absolute Gasteiger partial charge is 0.0622 e. The minimum Gasteiger partial charge on any atom is -0.0622 e. The number of hydrogen-bond acceptors (Lipinski definition) is 0. The maximum Gasteiger partial charge on any atom is -0.00139 e. The lowest BCUT2D eigenvalue weighted by Crippen LogP contribution is -1.96. The lowest BCUT2D eigenvalue weighted by Gasteiger charge is -2.23. The first-order valence-corrected chi connectivity index (χ1v) is 20.2. The predicted molar refractivity (Wildman–Crippen MR) is 251 cm³/mol. The minimum atomic E-state index is 1.22. The molecule has 268 valence electrons. The van der Waals surface area contributed by atoms with Crippen LogP contribution in [0.2, 0.25) is 0 Å². The summed E-state index contributed by atoms with van der Waals surface area (Å²) in [6.07, 6.45) is 0. The van der Waals surface area contributed by atoms with E-state index in [4.69, 9.17) is 0 Å². The van der Waals surface area contributed by atoms with E-state index in [9.17, 15) is 0 Å². The van der Waals surface area contributed by atoms with Crippen molar-refractivity contribution >= 4 is 75.4 Å². The van der Waals surface area contributed by atoms with Gasteiger partial charge in [0.25, 0.3) is 0 Å². The molecule has 0 aliphatic rings.